The van der Waals surface area contributed by atoms with Gasteiger partial charge >= 0.3 is 0 Å². The molecule has 0 aliphatic carbocycles. The predicted octanol–water partition coefficient (Wildman–Crippen LogP) is 2.92. The van der Waals surface area contributed by atoms with E-state index in [9.17, 15) is 0 Å². The highest BCUT2D eigenvalue weighted by Crippen LogP contribution is 2.23. The van der Waals surface area contributed by atoms with Crippen LogP contribution >= 0.6 is 0 Å². The van der Waals surface area contributed by atoms with Crippen LogP contribution in [-0.4, -0.2) is 15.1 Å². The molecule has 0 radical (unpaired) electrons. The highest BCUT2D eigenvalue weighted by molar-refractivity contribution is 5.83. The smallest absolute Gasteiger partial charge is 0.243 e. The number of hydrogen-bond acceptors (Lipinski definition) is 4. The summed E-state index contributed by atoms with van der Waals surface area (Å²) in [5.74, 6) is 1.45. The van der Waals surface area contributed by atoms with Crippen molar-refractivity contribution < 1.29 is 4.52 Å². The van der Waals surface area contributed by atoms with Crippen molar-refractivity contribution in [3.63, 3.8) is 0 Å². The van der Waals surface area contributed by atoms with Crippen molar-refractivity contribution in [1.82, 2.24) is 15.1 Å². The maximum Gasteiger partial charge on any atom is 0.243 e. The molecule has 0 aliphatic heterocycles. The Labute approximate surface area is 117 Å². The van der Waals surface area contributed by atoms with Gasteiger partial charge in [-0.25, -0.2) is 0 Å². The van der Waals surface area contributed by atoms with Crippen LogP contribution in [0.3, 0.4) is 0 Å². The lowest BCUT2D eigenvalue weighted by Crippen LogP contribution is -2.13. The second-order valence-electron chi connectivity index (χ2n) is 5.32. The molecule has 104 valence electrons. The Bertz CT molecular complexity index is 713. The van der Waals surface area contributed by atoms with Gasteiger partial charge in [0.25, 0.3) is 0 Å². The molecule has 3 rings (SSSR count). The van der Waals surface area contributed by atoms with Gasteiger partial charge in [0.05, 0.1) is 6.04 Å². The van der Waals surface area contributed by atoms with Crippen molar-refractivity contribution in [3.05, 3.63) is 47.7 Å². The quantitative estimate of drug-likeness (QED) is 0.763. The van der Waals surface area contributed by atoms with Crippen LogP contribution in [0.2, 0.25) is 0 Å². The van der Waals surface area contributed by atoms with E-state index in [0.29, 0.717) is 18.1 Å². The van der Waals surface area contributed by atoms with Crippen LogP contribution < -0.4 is 5.73 Å². The van der Waals surface area contributed by atoms with Gasteiger partial charge in [0.2, 0.25) is 5.89 Å². The maximum absolute atomic E-state index is 6.18. The van der Waals surface area contributed by atoms with E-state index < -0.39 is 0 Å². The molecule has 3 N–H and O–H groups in total. The van der Waals surface area contributed by atoms with E-state index in [0.717, 1.165) is 11.1 Å². The van der Waals surface area contributed by atoms with Crippen LogP contribution in [0, 0.1) is 0 Å². The molecule has 3 aromatic rings. The molecular formula is C15H18N4O. The molecule has 0 spiro atoms. The second kappa shape index (κ2) is 5.09. The van der Waals surface area contributed by atoms with Gasteiger partial charge in [-0.15, -0.1) is 0 Å². The van der Waals surface area contributed by atoms with Crippen LogP contribution in [0.15, 0.2) is 35.0 Å². The van der Waals surface area contributed by atoms with E-state index in [1.807, 2.05) is 38.2 Å². The van der Waals surface area contributed by atoms with Crippen LogP contribution in [0.5, 0.6) is 0 Å². The molecule has 0 amide bonds. The summed E-state index contributed by atoms with van der Waals surface area (Å²) in [5.41, 5.74) is 8.46. The highest BCUT2D eigenvalue weighted by Gasteiger charge is 2.18. The maximum atomic E-state index is 6.18. The third-order valence-electron chi connectivity index (χ3n) is 3.41. The zero-order chi connectivity index (χ0) is 14.1. The number of nitrogens with zero attached hydrogens (tertiary/aromatic N) is 2. The predicted molar refractivity (Wildman–Crippen MR) is 77.3 cm³/mol. The average Bonchev–Trinajstić information content (AvgIpc) is 3.06. The highest BCUT2D eigenvalue weighted by atomic mass is 16.5. The van der Waals surface area contributed by atoms with Crippen molar-refractivity contribution in [2.24, 2.45) is 5.73 Å². The number of benzene rings is 1. The lowest BCUT2D eigenvalue weighted by atomic mass is 10.1. The molecule has 0 fully saturated rings. The fraction of sp³-hybridized carbons (Fsp3) is 0.333. The molecule has 5 nitrogen and oxygen atoms in total. The molecule has 0 unspecified atom stereocenters. The summed E-state index contributed by atoms with van der Waals surface area (Å²) < 4.78 is 5.25. The van der Waals surface area contributed by atoms with Crippen molar-refractivity contribution in [3.8, 4) is 0 Å². The van der Waals surface area contributed by atoms with E-state index in [1.165, 1.54) is 5.39 Å². The summed E-state index contributed by atoms with van der Waals surface area (Å²) in [6.07, 6.45) is 2.66. The third kappa shape index (κ3) is 2.32. The van der Waals surface area contributed by atoms with Gasteiger partial charge in [0.15, 0.2) is 5.82 Å². The zero-order valence-electron chi connectivity index (χ0n) is 11.6. The first-order valence-electron chi connectivity index (χ1n) is 6.79. The topological polar surface area (TPSA) is 80.7 Å². The molecule has 2 aromatic heterocycles. The first-order valence-corrected chi connectivity index (χ1v) is 6.79. The average molecular weight is 270 g/mol. The van der Waals surface area contributed by atoms with Gasteiger partial charge in [-0.2, -0.15) is 4.98 Å². The lowest BCUT2D eigenvalue weighted by Gasteiger charge is -2.05. The number of hydrogen-bond donors (Lipinski definition) is 2. The van der Waals surface area contributed by atoms with Gasteiger partial charge in [-0.3, -0.25) is 0 Å². The van der Waals surface area contributed by atoms with Gasteiger partial charge in [-0.1, -0.05) is 37.2 Å². The molecule has 0 saturated heterocycles. The van der Waals surface area contributed by atoms with Gasteiger partial charge in [0.1, 0.15) is 0 Å². The Morgan fingerprint density at radius 1 is 1.30 bits per heavy atom. The fourth-order valence-electron chi connectivity index (χ4n) is 2.26. The van der Waals surface area contributed by atoms with Gasteiger partial charge < -0.3 is 15.2 Å². The first kappa shape index (κ1) is 12.9. The number of fused-ring (bicyclic) bond motifs is 1. The number of aromatic amines is 1. The molecule has 1 aromatic carbocycles. The van der Waals surface area contributed by atoms with Crippen molar-refractivity contribution in [1.29, 1.82) is 0 Å². The van der Waals surface area contributed by atoms with E-state index in [1.54, 1.807) is 0 Å². The summed E-state index contributed by atoms with van der Waals surface area (Å²) >= 11 is 0. The summed E-state index contributed by atoms with van der Waals surface area (Å²) in [6.45, 7) is 4.06. The molecule has 2 heterocycles. The number of aromatic nitrogens is 3. The van der Waals surface area contributed by atoms with Crippen LogP contribution in [0.1, 0.15) is 43.1 Å². The number of nitrogens with one attached hydrogen (secondary N) is 1. The van der Waals surface area contributed by atoms with Crippen molar-refractivity contribution >= 4 is 10.9 Å². The summed E-state index contributed by atoms with van der Waals surface area (Å²) in [4.78, 5) is 7.60. The monoisotopic (exact) mass is 270 g/mol. The molecule has 0 saturated carbocycles. The van der Waals surface area contributed by atoms with Gasteiger partial charge in [0, 0.05) is 23.0 Å². The fourth-order valence-corrected chi connectivity index (χ4v) is 2.26. The van der Waals surface area contributed by atoms with Crippen molar-refractivity contribution in [2.45, 2.75) is 32.2 Å². The zero-order valence-corrected chi connectivity index (χ0v) is 11.6. The minimum absolute atomic E-state index is 0.243. The van der Waals surface area contributed by atoms with Crippen LogP contribution in [-0.2, 0) is 6.42 Å². The lowest BCUT2D eigenvalue weighted by molar-refractivity contribution is 0.349. The first-order chi connectivity index (χ1) is 9.65. The third-order valence-corrected chi connectivity index (χ3v) is 3.41. The number of H-pyrrole nitrogens is 1. The molecule has 1 atom stereocenters. The minimum atomic E-state index is -0.283. The summed E-state index contributed by atoms with van der Waals surface area (Å²) in [6, 6.07) is 7.88. The minimum Gasteiger partial charge on any atom is -0.361 e. The summed E-state index contributed by atoms with van der Waals surface area (Å²) in [5, 5.41) is 5.14. The second-order valence-corrected chi connectivity index (χ2v) is 5.32. The van der Waals surface area contributed by atoms with E-state index in [2.05, 4.69) is 21.2 Å². The molecule has 0 bridgehead atoms. The van der Waals surface area contributed by atoms with E-state index >= 15 is 0 Å². The number of nitrogens with two attached hydrogens (primary N) is 1. The van der Waals surface area contributed by atoms with E-state index in [4.69, 9.17) is 10.3 Å². The SMILES string of the molecule is CC(C)c1noc([C@@H](N)Cc2c[nH]c3ccccc23)n1. The van der Waals surface area contributed by atoms with E-state index in [-0.39, 0.29) is 12.0 Å². The van der Waals surface area contributed by atoms with Gasteiger partial charge in [-0.05, 0) is 18.1 Å². The molecular weight excluding hydrogens is 252 g/mol. The standard InChI is InChI=1S/C15H18N4O/c1-9(2)14-18-15(20-19-14)12(16)7-10-8-17-13-6-4-3-5-11(10)13/h3-6,8-9,12,17H,7,16H2,1-2H3/t12-/m0/s1. The Hall–Kier alpha value is -2.14. The Balaban J connectivity index is 1.82. The molecule has 5 heteroatoms. The molecule has 0 aliphatic rings. The van der Waals surface area contributed by atoms with Crippen LogP contribution in [0.25, 0.3) is 10.9 Å². The number of para-hydroxylation sites is 1. The Morgan fingerprint density at radius 3 is 2.85 bits per heavy atom. The largest absolute Gasteiger partial charge is 0.361 e. The number of rotatable bonds is 4. The van der Waals surface area contributed by atoms with Crippen molar-refractivity contribution in [2.75, 3.05) is 0 Å². The summed E-state index contributed by atoms with van der Waals surface area (Å²) in [7, 11) is 0. The Morgan fingerprint density at radius 2 is 2.10 bits per heavy atom. The van der Waals surface area contributed by atoms with Crippen LogP contribution in [0.4, 0.5) is 0 Å². The molecule has 20 heavy (non-hydrogen) atoms. The Kier molecular flexibility index (Phi) is 3.28. The normalized spacial score (nSPS) is 13.2.